The molecule has 0 aliphatic rings. The van der Waals surface area contributed by atoms with E-state index in [0.717, 1.165) is 0 Å². The van der Waals surface area contributed by atoms with E-state index in [9.17, 15) is 9.59 Å². The van der Waals surface area contributed by atoms with E-state index in [2.05, 4.69) is 14.7 Å². The SMILES string of the molecule is COC(=O)CN(C)Cc1nc2ccc(Cl)cc2c(=O)[nH]1. The van der Waals surface area contributed by atoms with E-state index in [1.165, 1.54) is 7.11 Å². The standard InChI is InChI=1S/C13H14ClN3O3/c1-17(7-12(18)20-2)6-11-15-10-4-3-8(14)5-9(10)13(19)16-11/h3-5H,6-7H2,1-2H3,(H,15,16,19). The van der Waals surface area contributed by atoms with Gasteiger partial charge in [0.1, 0.15) is 5.82 Å². The van der Waals surface area contributed by atoms with Crippen LogP contribution in [0.2, 0.25) is 5.02 Å². The highest BCUT2D eigenvalue weighted by atomic mass is 35.5. The largest absolute Gasteiger partial charge is 0.468 e. The van der Waals surface area contributed by atoms with Gasteiger partial charge in [-0.2, -0.15) is 0 Å². The fourth-order valence-corrected chi connectivity index (χ4v) is 2.00. The van der Waals surface area contributed by atoms with E-state index in [0.29, 0.717) is 28.3 Å². The maximum atomic E-state index is 11.9. The number of nitrogens with zero attached hydrogens (tertiary/aromatic N) is 2. The van der Waals surface area contributed by atoms with Crippen molar-refractivity contribution in [3.8, 4) is 0 Å². The third-order valence-corrected chi connectivity index (χ3v) is 3.00. The number of rotatable bonds is 4. The third kappa shape index (κ3) is 3.34. The van der Waals surface area contributed by atoms with E-state index in [4.69, 9.17) is 11.6 Å². The van der Waals surface area contributed by atoms with Crippen LogP contribution in [-0.2, 0) is 16.1 Å². The van der Waals surface area contributed by atoms with Gasteiger partial charge in [0.2, 0.25) is 0 Å². The summed E-state index contributed by atoms with van der Waals surface area (Å²) in [5, 5.41) is 0.928. The summed E-state index contributed by atoms with van der Waals surface area (Å²) in [6, 6.07) is 4.94. The van der Waals surface area contributed by atoms with Crippen molar-refractivity contribution in [2.75, 3.05) is 20.7 Å². The lowest BCUT2D eigenvalue weighted by molar-refractivity contribution is -0.141. The van der Waals surface area contributed by atoms with E-state index in [-0.39, 0.29) is 18.1 Å². The molecule has 106 valence electrons. The Balaban J connectivity index is 2.26. The number of hydrogen-bond donors (Lipinski definition) is 1. The van der Waals surface area contributed by atoms with Gasteiger partial charge < -0.3 is 9.72 Å². The van der Waals surface area contributed by atoms with Gasteiger partial charge >= 0.3 is 5.97 Å². The van der Waals surface area contributed by atoms with Crippen LogP contribution in [0.1, 0.15) is 5.82 Å². The van der Waals surface area contributed by atoms with Gasteiger partial charge in [0, 0.05) is 5.02 Å². The minimum atomic E-state index is -0.345. The summed E-state index contributed by atoms with van der Waals surface area (Å²) >= 11 is 5.85. The van der Waals surface area contributed by atoms with Crippen LogP contribution in [0.25, 0.3) is 10.9 Å². The number of ether oxygens (including phenoxy) is 1. The number of carbonyl (C=O) groups is 1. The number of aromatic amines is 1. The minimum absolute atomic E-state index is 0.124. The van der Waals surface area contributed by atoms with Crippen molar-refractivity contribution in [1.82, 2.24) is 14.9 Å². The van der Waals surface area contributed by atoms with E-state index in [1.807, 2.05) is 0 Å². The molecule has 2 aromatic rings. The van der Waals surface area contributed by atoms with Gasteiger partial charge in [-0.25, -0.2) is 4.98 Å². The monoisotopic (exact) mass is 295 g/mol. The summed E-state index contributed by atoms with van der Waals surface area (Å²) in [4.78, 5) is 31.8. The van der Waals surface area contributed by atoms with Crippen LogP contribution in [-0.4, -0.2) is 41.5 Å². The summed E-state index contributed by atoms with van der Waals surface area (Å²) in [7, 11) is 3.07. The maximum absolute atomic E-state index is 11.9. The summed E-state index contributed by atoms with van der Waals surface area (Å²) in [6.07, 6.45) is 0. The Bertz CT molecular complexity index is 699. The first-order valence-corrected chi connectivity index (χ1v) is 6.31. The zero-order valence-electron chi connectivity index (χ0n) is 11.1. The van der Waals surface area contributed by atoms with Crippen LogP contribution in [0.15, 0.2) is 23.0 Å². The lowest BCUT2D eigenvalue weighted by atomic mass is 10.2. The van der Waals surface area contributed by atoms with Gasteiger partial charge in [0.15, 0.2) is 0 Å². The molecule has 20 heavy (non-hydrogen) atoms. The Hall–Kier alpha value is -1.92. The number of likely N-dealkylation sites (N-methyl/N-ethyl adjacent to an activating group) is 1. The van der Waals surface area contributed by atoms with Gasteiger partial charge in [0.25, 0.3) is 5.56 Å². The van der Waals surface area contributed by atoms with E-state index < -0.39 is 0 Å². The fourth-order valence-electron chi connectivity index (χ4n) is 1.83. The zero-order chi connectivity index (χ0) is 14.7. The van der Waals surface area contributed by atoms with Crippen LogP contribution < -0.4 is 5.56 Å². The molecule has 0 radical (unpaired) electrons. The zero-order valence-corrected chi connectivity index (χ0v) is 11.9. The first kappa shape index (κ1) is 14.5. The Morgan fingerprint density at radius 3 is 2.95 bits per heavy atom. The molecule has 0 unspecified atom stereocenters. The average molecular weight is 296 g/mol. The van der Waals surface area contributed by atoms with Crippen LogP contribution in [0.5, 0.6) is 0 Å². The molecule has 0 fully saturated rings. The molecule has 6 nitrogen and oxygen atoms in total. The summed E-state index contributed by atoms with van der Waals surface area (Å²) < 4.78 is 4.58. The van der Waals surface area contributed by atoms with Gasteiger partial charge in [-0.3, -0.25) is 14.5 Å². The van der Waals surface area contributed by atoms with Gasteiger partial charge in [0.05, 0.1) is 31.1 Å². The molecule has 0 saturated heterocycles. The summed E-state index contributed by atoms with van der Waals surface area (Å²) in [5.41, 5.74) is 0.318. The molecular weight excluding hydrogens is 282 g/mol. The number of H-pyrrole nitrogens is 1. The molecule has 0 atom stereocenters. The van der Waals surface area contributed by atoms with Gasteiger partial charge in [-0.1, -0.05) is 11.6 Å². The lowest BCUT2D eigenvalue weighted by Crippen LogP contribution is -2.28. The Labute approximate surface area is 120 Å². The van der Waals surface area contributed by atoms with Crippen molar-refractivity contribution in [1.29, 1.82) is 0 Å². The van der Waals surface area contributed by atoms with Gasteiger partial charge in [-0.15, -0.1) is 0 Å². The van der Waals surface area contributed by atoms with Crippen LogP contribution >= 0.6 is 11.6 Å². The topological polar surface area (TPSA) is 75.3 Å². The van der Waals surface area contributed by atoms with E-state index in [1.54, 1.807) is 30.1 Å². The second-order valence-electron chi connectivity index (χ2n) is 4.42. The molecule has 0 aliphatic carbocycles. The molecule has 1 aromatic heterocycles. The Morgan fingerprint density at radius 1 is 1.50 bits per heavy atom. The van der Waals surface area contributed by atoms with Crippen LogP contribution in [0, 0.1) is 0 Å². The number of methoxy groups -OCH3 is 1. The van der Waals surface area contributed by atoms with Crippen LogP contribution in [0.4, 0.5) is 0 Å². The summed E-state index contributed by atoms with van der Waals surface area (Å²) in [6.45, 7) is 0.460. The van der Waals surface area contributed by atoms with Gasteiger partial charge in [-0.05, 0) is 25.2 Å². The second kappa shape index (κ2) is 6.02. The first-order valence-electron chi connectivity index (χ1n) is 5.93. The van der Waals surface area contributed by atoms with Crippen molar-refractivity contribution < 1.29 is 9.53 Å². The molecule has 0 amide bonds. The van der Waals surface area contributed by atoms with Crippen molar-refractivity contribution in [3.63, 3.8) is 0 Å². The van der Waals surface area contributed by atoms with Crippen molar-refractivity contribution in [2.24, 2.45) is 0 Å². The number of aromatic nitrogens is 2. The molecular formula is C13H14ClN3O3. The molecule has 7 heteroatoms. The fraction of sp³-hybridized carbons (Fsp3) is 0.308. The highest BCUT2D eigenvalue weighted by Gasteiger charge is 2.10. The number of esters is 1. The molecule has 1 heterocycles. The Morgan fingerprint density at radius 2 is 2.25 bits per heavy atom. The van der Waals surface area contributed by atoms with Crippen molar-refractivity contribution >= 4 is 28.5 Å². The maximum Gasteiger partial charge on any atom is 0.319 e. The highest BCUT2D eigenvalue weighted by Crippen LogP contribution is 2.14. The normalized spacial score (nSPS) is 11.0. The number of fused-ring (bicyclic) bond motifs is 1. The predicted octanol–water partition coefficient (Wildman–Crippen LogP) is 1.18. The smallest absolute Gasteiger partial charge is 0.319 e. The number of benzene rings is 1. The van der Waals surface area contributed by atoms with E-state index >= 15 is 0 Å². The summed E-state index contributed by atoms with van der Waals surface area (Å²) in [5.74, 6) is 0.138. The van der Waals surface area contributed by atoms with Crippen LogP contribution in [0.3, 0.4) is 0 Å². The minimum Gasteiger partial charge on any atom is -0.468 e. The number of hydrogen-bond acceptors (Lipinski definition) is 5. The predicted molar refractivity (Wildman–Crippen MR) is 75.7 cm³/mol. The molecule has 1 N–H and O–H groups in total. The molecule has 2 rings (SSSR count). The number of carbonyl (C=O) groups excluding carboxylic acids is 1. The lowest BCUT2D eigenvalue weighted by Gasteiger charge is -2.14. The average Bonchev–Trinajstić information content (AvgIpc) is 2.39. The third-order valence-electron chi connectivity index (χ3n) is 2.76. The number of nitrogens with one attached hydrogen (secondary N) is 1. The molecule has 0 spiro atoms. The Kier molecular flexibility index (Phi) is 4.36. The second-order valence-corrected chi connectivity index (χ2v) is 4.86. The van der Waals surface area contributed by atoms with Crippen molar-refractivity contribution in [2.45, 2.75) is 6.54 Å². The molecule has 0 aliphatic heterocycles. The molecule has 1 aromatic carbocycles. The number of halogens is 1. The quantitative estimate of drug-likeness (QED) is 0.857. The highest BCUT2D eigenvalue weighted by molar-refractivity contribution is 6.31. The first-order chi connectivity index (χ1) is 9.49. The molecule has 0 saturated carbocycles. The molecule has 0 bridgehead atoms. The van der Waals surface area contributed by atoms with Crippen molar-refractivity contribution in [3.05, 3.63) is 39.4 Å².